The second-order valence-electron chi connectivity index (χ2n) is 8.14. The van der Waals surface area contributed by atoms with Gasteiger partial charge in [0.15, 0.2) is 5.13 Å². The van der Waals surface area contributed by atoms with Crippen molar-refractivity contribution >= 4 is 28.2 Å². The van der Waals surface area contributed by atoms with Crippen molar-refractivity contribution < 1.29 is 4.79 Å². The molecule has 168 valence electrons. The van der Waals surface area contributed by atoms with Crippen molar-refractivity contribution in [2.24, 2.45) is 0 Å². The van der Waals surface area contributed by atoms with Gasteiger partial charge in [-0.25, -0.2) is 14.5 Å². The molecule has 3 heterocycles. The zero-order chi connectivity index (χ0) is 22.8. The van der Waals surface area contributed by atoms with Gasteiger partial charge in [-0.05, 0) is 53.4 Å². The summed E-state index contributed by atoms with van der Waals surface area (Å²) >= 11 is 1.75. The second kappa shape index (κ2) is 9.07. The van der Waals surface area contributed by atoms with E-state index in [1.54, 1.807) is 36.5 Å². The number of aromatic nitrogens is 3. The van der Waals surface area contributed by atoms with Gasteiger partial charge in [-0.2, -0.15) is 5.10 Å². The van der Waals surface area contributed by atoms with Crippen LogP contribution in [0.3, 0.4) is 0 Å². The summed E-state index contributed by atoms with van der Waals surface area (Å²) in [5.41, 5.74) is 5.80. The Labute approximate surface area is 197 Å². The molecule has 4 aromatic rings. The van der Waals surface area contributed by atoms with Gasteiger partial charge in [0.1, 0.15) is 0 Å². The predicted molar refractivity (Wildman–Crippen MR) is 133 cm³/mol. The highest BCUT2D eigenvalue weighted by Gasteiger charge is 2.21. The smallest absolute Gasteiger partial charge is 0.321 e. The van der Waals surface area contributed by atoms with Crippen LogP contribution in [0.4, 0.5) is 15.6 Å². The summed E-state index contributed by atoms with van der Waals surface area (Å²) in [6.45, 7) is 1.75. The van der Waals surface area contributed by atoms with E-state index in [9.17, 15) is 4.79 Å². The van der Waals surface area contributed by atoms with Crippen LogP contribution in [0.1, 0.15) is 21.6 Å². The minimum Gasteiger partial charge on any atom is -0.343 e. The van der Waals surface area contributed by atoms with Gasteiger partial charge in [-0.15, -0.1) is 11.3 Å². The molecule has 0 atom stereocenters. The van der Waals surface area contributed by atoms with E-state index < -0.39 is 0 Å². The molecule has 0 saturated heterocycles. The summed E-state index contributed by atoms with van der Waals surface area (Å²) in [7, 11) is 3.43. The van der Waals surface area contributed by atoms with Gasteiger partial charge in [0.05, 0.1) is 5.69 Å². The van der Waals surface area contributed by atoms with Gasteiger partial charge >= 0.3 is 6.03 Å². The molecule has 33 heavy (non-hydrogen) atoms. The van der Waals surface area contributed by atoms with Crippen molar-refractivity contribution in [3.63, 3.8) is 0 Å². The first-order chi connectivity index (χ1) is 16.1. The standard InChI is InChI=1S/C25H26N6OS/c1-26-24(32)29(2)22-9-6-19-10-13-30(17-20(19)15-22)25-27-16-23(33-25)14-18-4-7-21(8-5-18)31-12-3-11-28-31/h3-9,11-12,15-16H,10,13-14,17H2,1-2H3,(H,26,32). The number of nitrogens with zero attached hydrogens (tertiary/aromatic N) is 5. The lowest BCUT2D eigenvalue weighted by Crippen LogP contribution is -2.35. The highest BCUT2D eigenvalue weighted by molar-refractivity contribution is 7.15. The summed E-state index contributed by atoms with van der Waals surface area (Å²) in [5.74, 6) is 0. The van der Waals surface area contributed by atoms with Crippen LogP contribution < -0.4 is 15.1 Å². The van der Waals surface area contributed by atoms with Gasteiger partial charge in [0.25, 0.3) is 0 Å². The van der Waals surface area contributed by atoms with E-state index in [2.05, 4.69) is 51.7 Å². The fourth-order valence-corrected chi connectivity index (χ4v) is 5.08. The maximum absolute atomic E-state index is 12.0. The number of urea groups is 1. The minimum atomic E-state index is -0.121. The van der Waals surface area contributed by atoms with E-state index >= 15 is 0 Å². The molecule has 1 aliphatic heterocycles. The molecule has 0 radical (unpaired) electrons. The van der Waals surface area contributed by atoms with E-state index in [1.807, 2.05) is 29.2 Å². The number of carbonyl (C=O) groups excluding carboxylic acids is 1. The van der Waals surface area contributed by atoms with Crippen molar-refractivity contribution in [2.45, 2.75) is 19.4 Å². The average Bonchev–Trinajstić information content (AvgIpc) is 3.56. The number of thiazole rings is 1. The Hall–Kier alpha value is -3.65. The molecule has 0 fully saturated rings. The third-order valence-electron chi connectivity index (χ3n) is 6.00. The first kappa shape index (κ1) is 21.2. The van der Waals surface area contributed by atoms with Crippen molar-refractivity contribution in [3.8, 4) is 5.69 Å². The van der Waals surface area contributed by atoms with Gasteiger partial charge in [-0.1, -0.05) is 18.2 Å². The van der Waals surface area contributed by atoms with Gasteiger partial charge < -0.3 is 10.2 Å². The summed E-state index contributed by atoms with van der Waals surface area (Å²) < 4.78 is 1.86. The van der Waals surface area contributed by atoms with E-state index in [0.29, 0.717) is 0 Å². The third-order valence-corrected chi connectivity index (χ3v) is 7.06. The number of hydrogen-bond acceptors (Lipinski definition) is 5. The summed E-state index contributed by atoms with van der Waals surface area (Å²) in [6.07, 6.45) is 7.56. The predicted octanol–water partition coefficient (Wildman–Crippen LogP) is 4.26. The number of hydrogen-bond donors (Lipinski definition) is 1. The van der Waals surface area contributed by atoms with E-state index in [4.69, 9.17) is 4.98 Å². The van der Waals surface area contributed by atoms with E-state index in [-0.39, 0.29) is 6.03 Å². The Balaban J connectivity index is 1.27. The molecule has 2 aromatic heterocycles. The number of amides is 2. The number of rotatable bonds is 5. The van der Waals surface area contributed by atoms with Crippen molar-refractivity contribution in [1.29, 1.82) is 0 Å². The molecule has 0 spiro atoms. The normalized spacial score (nSPS) is 13.0. The quantitative estimate of drug-likeness (QED) is 0.485. The lowest BCUT2D eigenvalue weighted by Gasteiger charge is -2.29. The minimum absolute atomic E-state index is 0.121. The van der Waals surface area contributed by atoms with Crippen LogP contribution in [-0.4, -0.2) is 41.4 Å². The first-order valence-corrected chi connectivity index (χ1v) is 11.8. The van der Waals surface area contributed by atoms with Crippen LogP contribution in [0.2, 0.25) is 0 Å². The Kier molecular flexibility index (Phi) is 5.83. The molecule has 2 aromatic carbocycles. The zero-order valence-corrected chi connectivity index (χ0v) is 19.5. The average molecular weight is 459 g/mol. The van der Waals surface area contributed by atoms with E-state index in [1.165, 1.54) is 21.6 Å². The second-order valence-corrected chi connectivity index (χ2v) is 9.24. The Morgan fingerprint density at radius 1 is 1.18 bits per heavy atom. The Morgan fingerprint density at radius 3 is 2.79 bits per heavy atom. The van der Waals surface area contributed by atoms with Crippen molar-refractivity contribution in [3.05, 3.63) is 88.7 Å². The summed E-state index contributed by atoms with van der Waals surface area (Å²) in [5, 5.41) is 8.00. The highest BCUT2D eigenvalue weighted by Crippen LogP contribution is 2.31. The fraction of sp³-hybridized carbons (Fsp3) is 0.240. The molecule has 8 heteroatoms. The maximum atomic E-state index is 12.0. The molecule has 1 N–H and O–H groups in total. The molecule has 0 unspecified atom stereocenters. The van der Waals surface area contributed by atoms with Crippen molar-refractivity contribution in [1.82, 2.24) is 20.1 Å². The Morgan fingerprint density at radius 2 is 2.03 bits per heavy atom. The lowest BCUT2D eigenvalue weighted by atomic mass is 9.99. The van der Waals surface area contributed by atoms with Crippen LogP contribution in [0.25, 0.3) is 5.69 Å². The molecule has 0 bridgehead atoms. The first-order valence-electron chi connectivity index (χ1n) is 11.0. The molecule has 5 rings (SSSR count). The summed E-state index contributed by atoms with van der Waals surface area (Å²) in [6, 6.07) is 16.6. The number of anilines is 2. The molecule has 1 aliphatic rings. The van der Waals surface area contributed by atoms with Crippen LogP contribution in [0.5, 0.6) is 0 Å². The van der Waals surface area contributed by atoms with Crippen LogP contribution in [0, 0.1) is 0 Å². The molecule has 0 aliphatic carbocycles. The largest absolute Gasteiger partial charge is 0.343 e. The summed E-state index contributed by atoms with van der Waals surface area (Å²) in [4.78, 5) is 21.9. The lowest BCUT2D eigenvalue weighted by molar-refractivity contribution is 0.249. The fourth-order valence-electron chi connectivity index (χ4n) is 4.11. The highest BCUT2D eigenvalue weighted by atomic mass is 32.1. The topological polar surface area (TPSA) is 66.3 Å². The number of benzene rings is 2. The Bertz CT molecular complexity index is 1250. The zero-order valence-electron chi connectivity index (χ0n) is 18.7. The van der Waals surface area contributed by atoms with Gasteiger partial charge in [0.2, 0.25) is 0 Å². The molecular formula is C25H26N6OS. The number of fused-ring (bicyclic) bond motifs is 1. The SMILES string of the molecule is CNC(=O)N(C)c1ccc2c(c1)CN(c1ncc(Cc3ccc(-n4cccn4)cc3)s1)CC2. The van der Waals surface area contributed by atoms with Crippen LogP contribution in [0.15, 0.2) is 67.1 Å². The molecular weight excluding hydrogens is 432 g/mol. The maximum Gasteiger partial charge on any atom is 0.321 e. The molecule has 0 saturated carbocycles. The van der Waals surface area contributed by atoms with Crippen molar-refractivity contribution in [2.75, 3.05) is 30.4 Å². The van der Waals surface area contributed by atoms with Crippen LogP contribution >= 0.6 is 11.3 Å². The van der Waals surface area contributed by atoms with Gasteiger partial charge in [-0.3, -0.25) is 4.90 Å². The molecule has 7 nitrogen and oxygen atoms in total. The molecule has 2 amide bonds. The van der Waals surface area contributed by atoms with E-state index in [0.717, 1.165) is 42.4 Å². The van der Waals surface area contributed by atoms with Crippen LogP contribution in [-0.2, 0) is 19.4 Å². The number of nitrogens with one attached hydrogen (secondary N) is 1. The third kappa shape index (κ3) is 4.47. The van der Waals surface area contributed by atoms with Gasteiger partial charge in [0, 0.05) is 62.8 Å². The monoisotopic (exact) mass is 458 g/mol. The number of carbonyl (C=O) groups is 1.